The van der Waals surface area contributed by atoms with Gasteiger partial charge in [0, 0.05) is 22.7 Å². The van der Waals surface area contributed by atoms with Crippen molar-refractivity contribution in [1.82, 2.24) is 9.99 Å². The summed E-state index contributed by atoms with van der Waals surface area (Å²) in [7, 11) is 1.30. The monoisotopic (exact) mass is 379 g/mol. The zero-order chi connectivity index (χ0) is 19.9. The second-order valence-corrected chi connectivity index (χ2v) is 6.51. The number of carbonyl (C=O) groups is 1. The number of benzene rings is 2. The molecule has 0 spiro atoms. The van der Waals surface area contributed by atoms with Gasteiger partial charge in [0.1, 0.15) is 12.4 Å². The largest absolute Gasteiger partial charge is 0.492 e. The van der Waals surface area contributed by atoms with E-state index < -0.39 is 6.09 Å². The first kappa shape index (κ1) is 19.5. The van der Waals surface area contributed by atoms with Crippen LogP contribution in [0.4, 0.5) is 4.79 Å². The molecule has 0 fully saturated rings. The Labute approximate surface area is 164 Å². The van der Waals surface area contributed by atoms with Crippen LogP contribution in [0.5, 0.6) is 5.75 Å². The van der Waals surface area contributed by atoms with Gasteiger partial charge in [-0.3, -0.25) is 0 Å². The molecule has 0 radical (unpaired) electrons. The predicted octanol–water partition coefficient (Wildman–Crippen LogP) is 4.28. The molecule has 0 bridgehead atoms. The number of hydrogen-bond acceptors (Lipinski definition) is 4. The summed E-state index contributed by atoms with van der Waals surface area (Å²) in [6, 6.07) is 14.4. The van der Waals surface area contributed by atoms with Gasteiger partial charge in [-0.2, -0.15) is 5.10 Å². The fraction of sp³-hybridized carbons (Fsp3) is 0.273. The van der Waals surface area contributed by atoms with E-state index in [1.807, 2.05) is 24.4 Å². The summed E-state index contributed by atoms with van der Waals surface area (Å²) in [5.41, 5.74) is 6.79. The average molecular weight is 379 g/mol. The number of aromatic nitrogens is 1. The Balaban J connectivity index is 1.73. The van der Waals surface area contributed by atoms with Crippen LogP contribution in [-0.2, 0) is 17.7 Å². The SMILES string of the molecule is CCc1cc(C)cc(OCCn2cc(C=NNC(=O)OC)c3ccccc32)c1. The topological polar surface area (TPSA) is 64.8 Å². The Kier molecular flexibility index (Phi) is 6.32. The smallest absolute Gasteiger partial charge is 0.427 e. The molecule has 0 saturated carbocycles. The standard InChI is InChI=1S/C22H25N3O3/c1-4-17-11-16(2)12-19(13-17)28-10-9-25-15-18(14-23-24-22(26)27-3)20-7-5-6-8-21(20)25/h5-8,11-15H,4,9-10H2,1-3H3,(H,24,26). The van der Waals surface area contributed by atoms with Gasteiger partial charge in [-0.15, -0.1) is 0 Å². The average Bonchev–Trinajstić information content (AvgIpc) is 3.05. The Morgan fingerprint density at radius 3 is 2.86 bits per heavy atom. The lowest BCUT2D eigenvalue weighted by Crippen LogP contribution is -2.16. The van der Waals surface area contributed by atoms with Crippen LogP contribution in [-0.4, -0.2) is 30.6 Å². The number of carbonyl (C=O) groups excluding carboxylic acids is 1. The maximum Gasteiger partial charge on any atom is 0.427 e. The maximum atomic E-state index is 11.1. The van der Waals surface area contributed by atoms with Gasteiger partial charge in [0.15, 0.2) is 0 Å². The van der Waals surface area contributed by atoms with Crippen molar-refractivity contribution in [3.63, 3.8) is 0 Å². The maximum absolute atomic E-state index is 11.1. The van der Waals surface area contributed by atoms with Gasteiger partial charge < -0.3 is 14.0 Å². The summed E-state index contributed by atoms with van der Waals surface area (Å²) in [5, 5.41) is 5.00. The molecule has 3 rings (SSSR count). The van der Waals surface area contributed by atoms with Crippen LogP contribution in [0.2, 0.25) is 0 Å². The highest BCUT2D eigenvalue weighted by atomic mass is 16.5. The Hall–Kier alpha value is -3.28. The molecule has 2 aromatic carbocycles. The Morgan fingerprint density at radius 1 is 1.25 bits per heavy atom. The Morgan fingerprint density at radius 2 is 2.07 bits per heavy atom. The second kappa shape index (κ2) is 9.08. The third kappa shape index (κ3) is 4.71. The predicted molar refractivity (Wildman–Crippen MR) is 111 cm³/mol. The van der Waals surface area contributed by atoms with Crippen LogP contribution in [0, 0.1) is 6.92 Å². The highest BCUT2D eigenvalue weighted by Gasteiger charge is 2.07. The van der Waals surface area contributed by atoms with E-state index >= 15 is 0 Å². The number of para-hydroxylation sites is 1. The molecule has 1 N–H and O–H groups in total. The highest BCUT2D eigenvalue weighted by molar-refractivity contribution is 5.99. The van der Waals surface area contributed by atoms with Gasteiger partial charge in [0.25, 0.3) is 0 Å². The first-order chi connectivity index (χ1) is 13.6. The number of methoxy groups -OCH3 is 1. The lowest BCUT2D eigenvalue weighted by atomic mass is 10.1. The van der Waals surface area contributed by atoms with Crippen molar-refractivity contribution in [2.75, 3.05) is 13.7 Å². The fourth-order valence-corrected chi connectivity index (χ4v) is 3.14. The molecule has 0 saturated heterocycles. The molecule has 0 aliphatic rings. The summed E-state index contributed by atoms with van der Waals surface area (Å²) in [4.78, 5) is 11.1. The quantitative estimate of drug-likeness (QED) is 0.492. The van der Waals surface area contributed by atoms with E-state index in [1.165, 1.54) is 18.2 Å². The highest BCUT2D eigenvalue weighted by Crippen LogP contribution is 2.21. The Bertz CT molecular complexity index is 992. The summed E-state index contributed by atoms with van der Waals surface area (Å²) in [6.45, 7) is 5.48. The van der Waals surface area contributed by atoms with E-state index in [-0.39, 0.29) is 0 Å². The molecule has 1 heterocycles. The molecule has 0 aliphatic heterocycles. The molecule has 0 aliphatic carbocycles. The van der Waals surface area contributed by atoms with Crippen molar-refractivity contribution in [3.8, 4) is 5.75 Å². The van der Waals surface area contributed by atoms with E-state index in [2.05, 4.69) is 57.9 Å². The number of nitrogens with zero attached hydrogens (tertiary/aromatic N) is 2. The molecular formula is C22H25N3O3. The van der Waals surface area contributed by atoms with Gasteiger partial charge in [0.05, 0.1) is 19.9 Å². The molecule has 0 unspecified atom stereocenters. The minimum Gasteiger partial charge on any atom is -0.492 e. The zero-order valence-corrected chi connectivity index (χ0v) is 16.4. The minimum atomic E-state index is -0.599. The molecule has 1 amide bonds. The number of hydrogen-bond donors (Lipinski definition) is 1. The molecule has 0 atom stereocenters. The summed E-state index contributed by atoms with van der Waals surface area (Å²) >= 11 is 0. The van der Waals surface area contributed by atoms with E-state index in [0.29, 0.717) is 13.2 Å². The van der Waals surface area contributed by atoms with Crippen LogP contribution >= 0.6 is 0 Å². The number of rotatable bonds is 7. The van der Waals surface area contributed by atoms with Crippen molar-refractivity contribution >= 4 is 23.2 Å². The summed E-state index contributed by atoms with van der Waals surface area (Å²) in [6.07, 6.45) is 4.01. The first-order valence-electron chi connectivity index (χ1n) is 9.29. The van der Waals surface area contributed by atoms with Crippen molar-refractivity contribution in [1.29, 1.82) is 0 Å². The number of ether oxygens (including phenoxy) is 2. The van der Waals surface area contributed by atoms with Crippen molar-refractivity contribution < 1.29 is 14.3 Å². The van der Waals surface area contributed by atoms with Crippen molar-refractivity contribution in [2.45, 2.75) is 26.8 Å². The van der Waals surface area contributed by atoms with Crippen LogP contribution in [0.25, 0.3) is 10.9 Å². The fourth-order valence-electron chi connectivity index (χ4n) is 3.14. The van der Waals surface area contributed by atoms with E-state index in [0.717, 1.165) is 28.6 Å². The van der Waals surface area contributed by atoms with Gasteiger partial charge in [0.2, 0.25) is 0 Å². The zero-order valence-electron chi connectivity index (χ0n) is 16.4. The third-order valence-electron chi connectivity index (χ3n) is 4.48. The lowest BCUT2D eigenvalue weighted by molar-refractivity contribution is 0.171. The normalized spacial score (nSPS) is 11.1. The first-order valence-corrected chi connectivity index (χ1v) is 9.29. The molecule has 3 aromatic rings. The van der Waals surface area contributed by atoms with Crippen molar-refractivity contribution in [2.24, 2.45) is 5.10 Å². The van der Waals surface area contributed by atoms with Gasteiger partial charge >= 0.3 is 6.09 Å². The molecule has 6 heteroatoms. The summed E-state index contributed by atoms with van der Waals surface area (Å²) in [5.74, 6) is 0.900. The van der Waals surface area contributed by atoms with Crippen LogP contribution in [0.3, 0.4) is 0 Å². The minimum absolute atomic E-state index is 0.558. The van der Waals surface area contributed by atoms with E-state index in [1.54, 1.807) is 6.21 Å². The van der Waals surface area contributed by atoms with Crippen molar-refractivity contribution in [3.05, 3.63) is 65.4 Å². The van der Waals surface area contributed by atoms with Crippen LogP contribution in [0.15, 0.2) is 53.8 Å². The van der Waals surface area contributed by atoms with E-state index in [9.17, 15) is 4.79 Å². The van der Waals surface area contributed by atoms with E-state index in [4.69, 9.17) is 4.74 Å². The third-order valence-corrected chi connectivity index (χ3v) is 4.48. The number of amides is 1. The molecule has 1 aromatic heterocycles. The van der Waals surface area contributed by atoms with Gasteiger partial charge in [-0.25, -0.2) is 10.2 Å². The number of aryl methyl sites for hydroxylation is 2. The lowest BCUT2D eigenvalue weighted by Gasteiger charge is -2.10. The van der Waals surface area contributed by atoms with Crippen LogP contribution < -0.4 is 10.2 Å². The molecule has 28 heavy (non-hydrogen) atoms. The number of nitrogens with one attached hydrogen (secondary N) is 1. The van der Waals surface area contributed by atoms with Crippen LogP contribution in [0.1, 0.15) is 23.6 Å². The molecular weight excluding hydrogens is 354 g/mol. The van der Waals surface area contributed by atoms with Gasteiger partial charge in [-0.1, -0.05) is 31.2 Å². The second-order valence-electron chi connectivity index (χ2n) is 6.51. The molecule has 6 nitrogen and oxygen atoms in total. The van der Waals surface area contributed by atoms with Gasteiger partial charge in [-0.05, 0) is 42.7 Å². The number of fused-ring (bicyclic) bond motifs is 1. The number of hydrazone groups is 1. The summed E-state index contributed by atoms with van der Waals surface area (Å²) < 4.78 is 12.6. The molecule has 146 valence electrons.